The summed E-state index contributed by atoms with van der Waals surface area (Å²) < 4.78 is 12.6. The average molecular weight is 475 g/mol. The number of carboxylic acid groups (broad SMARTS) is 1. The van der Waals surface area contributed by atoms with Crippen LogP contribution in [0.5, 0.6) is 5.75 Å². The quantitative estimate of drug-likeness (QED) is 0.406. The molecule has 1 aliphatic heterocycles. The van der Waals surface area contributed by atoms with E-state index in [2.05, 4.69) is 44.2 Å². The van der Waals surface area contributed by atoms with Gasteiger partial charge in [-0.15, -0.1) is 0 Å². The highest BCUT2D eigenvalue weighted by Gasteiger charge is 2.48. The molecular weight excluding hydrogens is 436 g/mol. The maximum absolute atomic E-state index is 11.3. The van der Waals surface area contributed by atoms with E-state index >= 15 is 0 Å². The Bertz CT molecular complexity index is 1200. The van der Waals surface area contributed by atoms with E-state index in [4.69, 9.17) is 9.47 Å². The van der Waals surface area contributed by atoms with Gasteiger partial charge in [0.2, 0.25) is 0 Å². The van der Waals surface area contributed by atoms with E-state index in [0.717, 1.165) is 46.9 Å². The van der Waals surface area contributed by atoms with Crippen molar-refractivity contribution < 1.29 is 19.4 Å². The molecule has 0 radical (unpaired) electrons. The maximum atomic E-state index is 11.3. The van der Waals surface area contributed by atoms with Crippen molar-refractivity contribution in [3.8, 4) is 16.9 Å². The van der Waals surface area contributed by atoms with Gasteiger partial charge < -0.3 is 14.6 Å². The fraction of sp³-hybridized carbons (Fsp3) is 0.452. The summed E-state index contributed by atoms with van der Waals surface area (Å²) in [4.78, 5) is 11.3. The Balaban J connectivity index is 0.00000141. The Morgan fingerprint density at radius 1 is 1.00 bits per heavy atom. The van der Waals surface area contributed by atoms with Crippen molar-refractivity contribution in [3.63, 3.8) is 0 Å². The lowest BCUT2D eigenvalue weighted by Crippen LogP contribution is -2.46. The minimum Gasteiger partial charge on any atom is -0.496 e. The molecule has 2 aliphatic rings. The summed E-state index contributed by atoms with van der Waals surface area (Å²) in [5.41, 5.74) is 3.41. The fourth-order valence-corrected chi connectivity index (χ4v) is 6.23. The summed E-state index contributed by atoms with van der Waals surface area (Å²) in [6.45, 7) is 8.50. The van der Waals surface area contributed by atoms with Gasteiger partial charge in [-0.05, 0) is 96.7 Å². The number of rotatable bonds is 5. The Morgan fingerprint density at radius 2 is 1.69 bits per heavy atom. The number of carboxylic acids is 1. The van der Waals surface area contributed by atoms with Crippen LogP contribution in [0.4, 0.5) is 0 Å². The van der Waals surface area contributed by atoms with E-state index in [1.165, 1.54) is 18.4 Å². The molecule has 4 heteroatoms. The van der Waals surface area contributed by atoms with Crippen molar-refractivity contribution in [2.45, 2.75) is 71.5 Å². The lowest BCUT2D eigenvalue weighted by molar-refractivity contribution is -0.178. The number of hydrogen-bond donors (Lipinski definition) is 1. The molecule has 0 spiro atoms. The third-order valence-electron chi connectivity index (χ3n) is 7.68. The predicted molar refractivity (Wildman–Crippen MR) is 142 cm³/mol. The lowest BCUT2D eigenvalue weighted by atomic mass is 9.65. The molecule has 0 amide bonds. The largest absolute Gasteiger partial charge is 0.496 e. The topological polar surface area (TPSA) is 55.8 Å². The number of carbonyl (C=O) groups is 1. The van der Waals surface area contributed by atoms with Gasteiger partial charge in [-0.25, -0.2) is 4.79 Å². The van der Waals surface area contributed by atoms with Gasteiger partial charge >= 0.3 is 5.97 Å². The van der Waals surface area contributed by atoms with E-state index < -0.39 is 5.97 Å². The second-order valence-electron chi connectivity index (χ2n) is 9.94. The standard InChI is InChI=1S/C29H32O4.C2H6/c1-4-19-12-20-11-18(2)33-29(16-19,17-20)26-15-24(9-10-27(26)32-3)22-5-6-23-14-25(28(30)31)8-7-21(23)13-22;1-2/h5-10,13-15,18-20H,4,11-12,16-17H2,1-3H3,(H,30,31);1-2H3. The van der Waals surface area contributed by atoms with E-state index in [1.54, 1.807) is 19.2 Å². The SMILES string of the molecule is CC.CCC1CC2CC(C)OC(c3cc(-c4ccc5cc(C(=O)O)ccc5c4)ccc3OC)(C1)C2. The highest BCUT2D eigenvalue weighted by atomic mass is 16.5. The zero-order valence-electron chi connectivity index (χ0n) is 21.6. The first-order chi connectivity index (χ1) is 16.9. The Morgan fingerprint density at radius 3 is 2.40 bits per heavy atom. The van der Waals surface area contributed by atoms with E-state index in [0.29, 0.717) is 17.4 Å². The van der Waals surface area contributed by atoms with Crippen LogP contribution in [0.2, 0.25) is 0 Å². The van der Waals surface area contributed by atoms with E-state index in [9.17, 15) is 9.90 Å². The van der Waals surface area contributed by atoms with Crippen LogP contribution in [0.15, 0.2) is 54.6 Å². The molecule has 2 fully saturated rings. The van der Waals surface area contributed by atoms with E-state index in [-0.39, 0.29) is 11.7 Å². The zero-order chi connectivity index (χ0) is 25.2. The number of benzene rings is 3. The lowest BCUT2D eigenvalue weighted by Gasteiger charge is -2.51. The molecular formula is C31H38O4. The van der Waals surface area contributed by atoms with Crippen LogP contribution in [-0.4, -0.2) is 24.3 Å². The van der Waals surface area contributed by atoms with Crippen molar-refractivity contribution in [2.24, 2.45) is 11.8 Å². The molecule has 3 aromatic rings. The van der Waals surface area contributed by atoms with Gasteiger partial charge in [-0.2, -0.15) is 0 Å². The van der Waals surface area contributed by atoms with Crippen LogP contribution in [0.25, 0.3) is 21.9 Å². The molecule has 5 rings (SSSR count). The third kappa shape index (κ3) is 4.95. The monoisotopic (exact) mass is 474 g/mol. The zero-order valence-corrected chi connectivity index (χ0v) is 21.6. The highest BCUT2D eigenvalue weighted by Crippen LogP contribution is 2.54. The smallest absolute Gasteiger partial charge is 0.335 e. The molecule has 1 heterocycles. The molecule has 0 aromatic heterocycles. The molecule has 2 bridgehead atoms. The normalized spacial score (nSPS) is 25.5. The molecule has 3 aromatic carbocycles. The minimum atomic E-state index is -0.905. The Hall–Kier alpha value is -2.85. The summed E-state index contributed by atoms with van der Waals surface area (Å²) in [5, 5.41) is 11.2. The number of aromatic carboxylic acids is 1. The molecule has 4 nitrogen and oxygen atoms in total. The first kappa shape index (κ1) is 25.2. The van der Waals surface area contributed by atoms with Gasteiger partial charge in [0.15, 0.2) is 0 Å². The summed E-state index contributed by atoms with van der Waals surface area (Å²) >= 11 is 0. The first-order valence-electron chi connectivity index (χ1n) is 13.0. The number of ether oxygens (including phenoxy) is 2. The average Bonchev–Trinajstić information content (AvgIpc) is 2.88. The second kappa shape index (κ2) is 10.4. The van der Waals surface area contributed by atoms with E-state index in [1.807, 2.05) is 26.0 Å². The van der Waals surface area contributed by atoms with Crippen molar-refractivity contribution >= 4 is 16.7 Å². The summed E-state index contributed by atoms with van der Waals surface area (Å²) in [6, 6.07) is 17.9. The third-order valence-corrected chi connectivity index (χ3v) is 7.68. The van der Waals surface area contributed by atoms with Gasteiger partial charge in [0, 0.05) is 5.56 Å². The van der Waals surface area contributed by atoms with Crippen molar-refractivity contribution in [1.29, 1.82) is 0 Å². The maximum Gasteiger partial charge on any atom is 0.335 e. The van der Waals surface area contributed by atoms with Gasteiger partial charge in [-0.1, -0.05) is 51.5 Å². The van der Waals surface area contributed by atoms with Crippen molar-refractivity contribution in [1.82, 2.24) is 0 Å². The minimum absolute atomic E-state index is 0.249. The predicted octanol–water partition coefficient (Wildman–Crippen LogP) is 8.07. The molecule has 35 heavy (non-hydrogen) atoms. The molecule has 186 valence electrons. The Labute approximate surface area is 209 Å². The highest BCUT2D eigenvalue weighted by molar-refractivity contribution is 5.95. The van der Waals surface area contributed by atoms with Gasteiger partial charge in [0.1, 0.15) is 5.75 Å². The number of methoxy groups -OCH3 is 1. The van der Waals surface area contributed by atoms with Gasteiger partial charge in [0.25, 0.3) is 0 Å². The molecule has 1 N–H and O–H groups in total. The second-order valence-corrected chi connectivity index (χ2v) is 9.94. The molecule has 1 aliphatic carbocycles. The van der Waals surface area contributed by atoms with Gasteiger partial charge in [0.05, 0.1) is 24.4 Å². The number of fused-ring (bicyclic) bond motifs is 3. The van der Waals surface area contributed by atoms with Crippen LogP contribution in [0.3, 0.4) is 0 Å². The van der Waals surface area contributed by atoms with Crippen LogP contribution in [0, 0.1) is 11.8 Å². The van der Waals surface area contributed by atoms with Crippen LogP contribution in [-0.2, 0) is 10.3 Å². The molecule has 4 unspecified atom stereocenters. The van der Waals surface area contributed by atoms with Crippen molar-refractivity contribution in [3.05, 3.63) is 65.7 Å². The van der Waals surface area contributed by atoms with Crippen molar-refractivity contribution in [2.75, 3.05) is 7.11 Å². The summed E-state index contributed by atoms with van der Waals surface area (Å²) in [7, 11) is 1.75. The van der Waals surface area contributed by atoms with Crippen LogP contribution < -0.4 is 4.74 Å². The summed E-state index contributed by atoms with van der Waals surface area (Å²) in [5.74, 6) is 1.37. The van der Waals surface area contributed by atoms with Gasteiger partial charge in [-0.3, -0.25) is 0 Å². The fourth-order valence-electron chi connectivity index (χ4n) is 6.23. The Kier molecular flexibility index (Phi) is 7.51. The first-order valence-corrected chi connectivity index (χ1v) is 13.0. The molecule has 1 saturated heterocycles. The molecule has 4 atom stereocenters. The molecule has 1 saturated carbocycles. The number of hydrogen-bond acceptors (Lipinski definition) is 3. The van der Waals surface area contributed by atoms with Crippen LogP contribution in [0.1, 0.15) is 75.7 Å². The van der Waals surface area contributed by atoms with Crippen LogP contribution >= 0.6 is 0 Å². The summed E-state index contributed by atoms with van der Waals surface area (Å²) in [6.07, 6.45) is 5.98.